The van der Waals surface area contributed by atoms with Crippen molar-refractivity contribution in [1.29, 1.82) is 0 Å². The lowest BCUT2D eigenvalue weighted by molar-refractivity contribution is -0.0503. The summed E-state index contributed by atoms with van der Waals surface area (Å²) in [4.78, 5) is 21.0. The lowest BCUT2D eigenvalue weighted by Gasteiger charge is -2.07. The zero-order chi connectivity index (χ0) is 11.4. The van der Waals surface area contributed by atoms with Crippen molar-refractivity contribution in [3.8, 4) is 5.75 Å². The van der Waals surface area contributed by atoms with Crippen LogP contribution in [0.5, 0.6) is 5.75 Å². The van der Waals surface area contributed by atoms with E-state index in [2.05, 4.69) is 4.74 Å². The second kappa shape index (κ2) is 4.50. The highest BCUT2D eigenvalue weighted by molar-refractivity contribution is 5.93. The van der Waals surface area contributed by atoms with E-state index in [4.69, 9.17) is 5.11 Å². The van der Waals surface area contributed by atoms with E-state index in [0.29, 0.717) is 6.29 Å². The van der Waals surface area contributed by atoms with Crippen LogP contribution in [-0.4, -0.2) is 24.0 Å². The maximum Gasteiger partial charge on any atom is 0.387 e. The molecule has 1 rings (SSSR count). The van der Waals surface area contributed by atoms with Crippen LogP contribution in [0.15, 0.2) is 18.2 Å². The van der Waals surface area contributed by atoms with E-state index in [1.807, 2.05) is 0 Å². The molecule has 0 bridgehead atoms. The Labute approximate surface area is 83.1 Å². The molecule has 1 N–H and O–H groups in total. The summed E-state index contributed by atoms with van der Waals surface area (Å²) in [6.07, 6.45) is 0.415. The minimum absolute atomic E-state index is 0.0778. The maximum absolute atomic E-state index is 11.9. The lowest BCUT2D eigenvalue weighted by Crippen LogP contribution is -2.08. The first-order valence-electron chi connectivity index (χ1n) is 3.82. The van der Waals surface area contributed by atoms with Crippen molar-refractivity contribution >= 4 is 12.3 Å². The minimum Gasteiger partial charge on any atom is -0.478 e. The Balaban J connectivity index is 3.14. The number of rotatable bonds is 4. The first-order chi connectivity index (χ1) is 7.04. The van der Waals surface area contributed by atoms with E-state index in [1.54, 1.807) is 0 Å². The van der Waals surface area contributed by atoms with Crippen molar-refractivity contribution in [2.75, 3.05) is 0 Å². The van der Waals surface area contributed by atoms with Gasteiger partial charge in [0, 0.05) is 5.56 Å². The van der Waals surface area contributed by atoms with Gasteiger partial charge in [-0.3, -0.25) is 4.79 Å². The Morgan fingerprint density at radius 3 is 2.60 bits per heavy atom. The largest absolute Gasteiger partial charge is 0.478 e. The number of aldehydes is 1. The van der Waals surface area contributed by atoms with E-state index in [1.165, 1.54) is 6.07 Å². The number of carboxylic acid groups (broad SMARTS) is 1. The molecule has 0 aromatic heterocycles. The van der Waals surface area contributed by atoms with Crippen LogP contribution in [0.1, 0.15) is 20.7 Å². The highest BCUT2D eigenvalue weighted by atomic mass is 19.3. The van der Waals surface area contributed by atoms with Gasteiger partial charge in [-0.05, 0) is 18.2 Å². The molecule has 0 unspecified atom stereocenters. The van der Waals surface area contributed by atoms with Crippen LogP contribution in [0.4, 0.5) is 8.78 Å². The summed E-state index contributed by atoms with van der Waals surface area (Å²) >= 11 is 0. The number of ether oxygens (including phenoxy) is 1. The van der Waals surface area contributed by atoms with Crippen LogP contribution in [-0.2, 0) is 0 Å². The first kappa shape index (κ1) is 11.1. The average Bonchev–Trinajstić information content (AvgIpc) is 2.17. The van der Waals surface area contributed by atoms with Gasteiger partial charge in [0.2, 0.25) is 0 Å². The van der Waals surface area contributed by atoms with Crippen molar-refractivity contribution < 1.29 is 28.2 Å². The monoisotopic (exact) mass is 216 g/mol. The van der Waals surface area contributed by atoms with Gasteiger partial charge in [-0.25, -0.2) is 4.79 Å². The number of halogens is 2. The summed E-state index contributed by atoms with van der Waals surface area (Å²) in [5.41, 5.74) is -0.395. The standard InChI is InChI=1S/C9H6F2O4/c10-9(11)15-7-2-1-5(4-12)3-6(7)8(13)14/h1-4,9H,(H,13,14). The van der Waals surface area contributed by atoms with Gasteiger partial charge in [0.25, 0.3) is 0 Å². The van der Waals surface area contributed by atoms with Crippen LogP contribution < -0.4 is 4.74 Å². The zero-order valence-electron chi connectivity index (χ0n) is 7.31. The molecule has 0 amide bonds. The second-order valence-corrected chi connectivity index (χ2v) is 2.56. The van der Waals surface area contributed by atoms with Gasteiger partial charge in [0.05, 0.1) is 0 Å². The minimum atomic E-state index is -3.11. The Kier molecular flexibility index (Phi) is 3.33. The quantitative estimate of drug-likeness (QED) is 0.779. The third-order valence-electron chi connectivity index (χ3n) is 1.59. The molecule has 0 atom stereocenters. The van der Waals surface area contributed by atoms with Crippen molar-refractivity contribution in [1.82, 2.24) is 0 Å². The number of hydrogen-bond acceptors (Lipinski definition) is 3. The summed E-state index contributed by atoms with van der Waals surface area (Å²) in [6, 6.07) is 3.17. The van der Waals surface area contributed by atoms with E-state index in [-0.39, 0.29) is 5.56 Å². The van der Waals surface area contributed by atoms with E-state index >= 15 is 0 Å². The fraction of sp³-hybridized carbons (Fsp3) is 0.111. The molecule has 0 radical (unpaired) electrons. The summed E-state index contributed by atoms with van der Waals surface area (Å²) in [5, 5.41) is 8.66. The number of carbonyl (C=O) groups is 2. The molecule has 0 aliphatic heterocycles. The molecular weight excluding hydrogens is 210 g/mol. The topological polar surface area (TPSA) is 63.6 Å². The molecule has 0 aliphatic rings. The average molecular weight is 216 g/mol. The first-order valence-corrected chi connectivity index (χ1v) is 3.82. The van der Waals surface area contributed by atoms with Gasteiger partial charge in [-0.2, -0.15) is 8.78 Å². The Hall–Kier alpha value is -1.98. The molecule has 6 heteroatoms. The number of alkyl halides is 2. The maximum atomic E-state index is 11.9. The van der Waals surface area contributed by atoms with Gasteiger partial charge in [-0.1, -0.05) is 0 Å². The van der Waals surface area contributed by atoms with Crippen molar-refractivity contribution in [3.05, 3.63) is 29.3 Å². The zero-order valence-corrected chi connectivity index (χ0v) is 7.31. The third kappa shape index (κ3) is 2.73. The molecule has 0 aliphatic carbocycles. The highest BCUT2D eigenvalue weighted by Gasteiger charge is 2.15. The van der Waals surface area contributed by atoms with Crippen LogP contribution >= 0.6 is 0 Å². The molecular formula is C9H6F2O4. The van der Waals surface area contributed by atoms with Crippen molar-refractivity contribution in [2.24, 2.45) is 0 Å². The van der Waals surface area contributed by atoms with Crippen molar-refractivity contribution in [3.63, 3.8) is 0 Å². The van der Waals surface area contributed by atoms with E-state index in [0.717, 1.165) is 12.1 Å². The Bertz CT molecular complexity index is 390. The molecule has 1 aromatic carbocycles. The number of hydrogen-bond donors (Lipinski definition) is 1. The van der Waals surface area contributed by atoms with Gasteiger partial charge in [-0.15, -0.1) is 0 Å². The van der Waals surface area contributed by atoms with Crippen molar-refractivity contribution in [2.45, 2.75) is 6.61 Å². The Morgan fingerprint density at radius 2 is 2.13 bits per heavy atom. The molecule has 0 saturated heterocycles. The Morgan fingerprint density at radius 1 is 1.47 bits per heavy atom. The number of carbonyl (C=O) groups excluding carboxylic acids is 1. The van der Waals surface area contributed by atoms with Gasteiger partial charge < -0.3 is 9.84 Å². The summed E-state index contributed by atoms with van der Waals surface area (Å²) in [5.74, 6) is -1.91. The second-order valence-electron chi connectivity index (χ2n) is 2.56. The molecule has 1 aromatic rings. The van der Waals surface area contributed by atoms with Gasteiger partial charge in [0.1, 0.15) is 17.6 Å². The van der Waals surface area contributed by atoms with Crippen LogP contribution in [0, 0.1) is 0 Å². The van der Waals surface area contributed by atoms with E-state index < -0.39 is 23.9 Å². The van der Waals surface area contributed by atoms with Crippen LogP contribution in [0.25, 0.3) is 0 Å². The molecule has 0 heterocycles. The molecule has 0 fully saturated rings. The molecule has 0 saturated carbocycles. The highest BCUT2D eigenvalue weighted by Crippen LogP contribution is 2.21. The molecule has 0 spiro atoms. The van der Waals surface area contributed by atoms with Gasteiger partial charge >= 0.3 is 12.6 Å². The summed E-state index contributed by atoms with van der Waals surface area (Å²) < 4.78 is 27.7. The molecule has 4 nitrogen and oxygen atoms in total. The predicted octanol–water partition coefficient (Wildman–Crippen LogP) is 1.80. The van der Waals surface area contributed by atoms with E-state index in [9.17, 15) is 18.4 Å². The third-order valence-corrected chi connectivity index (χ3v) is 1.59. The van der Waals surface area contributed by atoms with Crippen LogP contribution in [0.3, 0.4) is 0 Å². The normalized spacial score (nSPS) is 10.1. The smallest absolute Gasteiger partial charge is 0.387 e. The summed E-state index contributed by atoms with van der Waals surface area (Å²) in [7, 11) is 0. The number of aromatic carboxylic acids is 1. The SMILES string of the molecule is O=Cc1ccc(OC(F)F)c(C(=O)O)c1. The fourth-order valence-corrected chi connectivity index (χ4v) is 0.987. The van der Waals surface area contributed by atoms with Crippen LogP contribution in [0.2, 0.25) is 0 Å². The number of benzene rings is 1. The molecule has 15 heavy (non-hydrogen) atoms. The predicted molar refractivity (Wildman–Crippen MR) is 45.4 cm³/mol. The summed E-state index contributed by atoms with van der Waals surface area (Å²) in [6.45, 7) is -3.11. The number of carboxylic acids is 1. The van der Waals surface area contributed by atoms with Gasteiger partial charge in [0.15, 0.2) is 0 Å². The fourth-order valence-electron chi connectivity index (χ4n) is 0.987. The lowest BCUT2D eigenvalue weighted by atomic mass is 10.1. The molecule has 80 valence electrons.